The van der Waals surface area contributed by atoms with Crippen molar-refractivity contribution in [2.45, 2.75) is 20.3 Å². The highest BCUT2D eigenvalue weighted by molar-refractivity contribution is 6.08. The van der Waals surface area contributed by atoms with E-state index in [2.05, 4.69) is 17.0 Å². The van der Waals surface area contributed by atoms with Crippen LogP contribution < -0.4 is 9.80 Å². The molecule has 0 radical (unpaired) electrons. The Bertz CT molecular complexity index is 757. The van der Waals surface area contributed by atoms with E-state index in [1.54, 1.807) is 7.11 Å². The molecular weight excluding hydrogens is 312 g/mol. The zero-order chi connectivity index (χ0) is 17.8. The highest BCUT2D eigenvalue weighted by Gasteiger charge is 2.26. The smallest absolute Gasteiger partial charge is 0.258 e. The van der Waals surface area contributed by atoms with Gasteiger partial charge in [-0.2, -0.15) is 0 Å². The van der Waals surface area contributed by atoms with Crippen molar-refractivity contribution in [1.29, 1.82) is 0 Å². The maximum absolute atomic E-state index is 13.3. The molecule has 0 spiro atoms. The van der Waals surface area contributed by atoms with Crippen LogP contribution >= 0.6 is 0 Å². The van der Waals surface area contributed by atoms with Gasteiger partial charge in [0.1, 0.15) is 0 Å². The summed E-state index contributed by atoms with van der Waals surface area (Å²) in [6.07, 6.45) is 0.939. The number of amides is 1. The average Bonchev–Trinajstić information content (AvgIpc) is 2.81. The third kappa shape index (κ3) is 3.69. The lowest BCUT2D eigenvalue weighted by atomic mass is 10.0. The van der Waals surface area contributed by atoms with E-state index in [4.69, 9.17) is 4.74 Å². The molecule has 0 bridgehead atoms. The average molecular weight is 338 g/mol. The highest BCUT2D eigenvalue weighted by Crippen LogP contribution is 2.33. The Morgan fingerprint density at radius 1 is 1.08 bits per heavy atom. The minimum absolute atomic E-state index is 0.0854. The molecule has 0 aliphatic carbocycles. The van der Waals surface area contributed by atoms with Crippen LogP contribution in [0, 0.1) is 13.8 Å². The van der Waals surface area contributed by atoms with Crippen molar-refractivity contribution in [1.82, 2.24) is 0 Å². The van der Waals surface area contributed by atoms with Crippen molar-refractivity contribution in [2.24, 2.45) is 0 Å². The molecule has 4 nitrogen and oxygen atoms in total. The monoisotopic (exact) mass is 338 g/mol. The van der Waals surface area contributed by atoms with Gasteiger partial charge in [-0.3, -0.25) is 4.79 Å². The number of hydrogen-bond donors (Lipinski definition) is 0. The summed E-state index contributed by atoms with van der Waals surface area (Å²) in [5.41, 5.74) is 5.02. The summed E-state index contributed by atoms with van der Waals surface area (Å²) in [5, 5.41) is 0. The van der Waals surface area contributed by atoms with Gasteiger partial charge in [-0.25, -0.2) is 0 Å². The van der Waals surface area contributed by atoms with Gasteiger partial charge in [0.05, 0.1) is 18.0 Å². The molecule has 3 rings (SSSR count). The second-order valence-electron chi connectivity index (χ2n) is 6.60. The zero-order valence-corrected chi connectivity index (χ0v) is 15.3. The first kappa shape index (κ1) is 17.5. The summed E-state index contributed by atoms with van der Waals surface area (Å²) in [6, 6.07) is 14.2. The first-order valence-corrected chi connectivity index (χ1v) is 8.84. The Morgan fingerprint density at radius 3 is 2.60 bits per heavy atom. The van der Waals surface area contributed by atoms with Gasteiger partial charge in [-0.1, -0.05) is 29.8 Å². The van der Waals surface area contributed by atoms with Crippen LogP contribution in [0.3, 0.4) is 0 Å². The number of nitrogens with zero attached hydrogens (tertiary/aromatic N) is 2. The van der Waals surface area contributed by atoms with Crippen LogP contribution in [0.15, 0.2) is 42.5 Å². The largest absolute Gasteiger partial charge is 0.383 e. The number of ether oxygens (including phenoxy) is 1. The molecule has 2 aromatic carbocycles. The SMILES string of the molecule is COCCN1CCCN(C(=O)c2cc(C)ccc2C)c2ccccc21. The second kappa shape index (κ2) is 7.70. The number of carbonyl (C=O) groups is 1. The predicted octanol–water partition coefficient (Wildman–Crippen LogP) is 3.81. The fraction of sp³-hybridized carbons (Fsp3) is 0.381. The summed E-state index contributed by atoms with van der Waals surface area (Å²) in [4.78, 5) is 17.5. The molecular formula is C21H26N2O2. The predicted molar refractivity (Wildman–Crippen MR) is 103 cm³/mol. The molecule has 25 heavy (non-hydrogen) atoms. The lowest BCUT2D eigenvalue weighted by Gasteiger charge is -2.27. The maximum atomic E-state index is 13.3. The molecule has 4 heteroatoms. The number of benzene rings is 2. The standard InChI is InChI=1S/C21H26N2O2/c1-16-9-10-17(2)18(15-16)21(24)23-12-6-11-22(13-14-25-3)19-7-4-5-8-20(19)23/h4-5,7-10,15H,6,11-14H2,1-3H3. The van der Waals surface area contributed by atoms with Gasteiger partial charge >= 0.3 is 0 Å². The number of hydrogen-bond acceptors (Lipinski definition) is 3. The molecule has 0 atom stereocenters. The number of carbonyl (C=O) groups excluding carboxylic acids is 1. The molecule has 0 saturated heterocycles. The van der Waals surface area contributed by atoms with Crippen LogP contribution in [-0.4, -0.2) is 39.3 Å². The number of rotatable bonds is 4. The molecule has 0 fully saturated rings. The third-order valence-electron chi connectivity index (χ3n) is 4.76. The van der Waals surface area contributed by atoms with Gasteiger partial charge in [-0.15, -0.1) is 0 Å². The summed E-state index contributed by atoms with van der Waals surface area (Å²) in [7, 11) is 1.72. The van der Waals surface area contributed by atoms with Crippen LogP contribution in [0.2, 0.25) is 0 Å². The maximum Gasteiger partial charge on any atom is 0.258 e. The molecule has 1 aliphatic heterocycles. The van der Waals surface area contributed by atoms with Crippen LogP contribution in [0.25, 0.3) is 0 Å². The van der Waals surface area contributed by atoms with E-state index in [-0.39, 0.29) is 5.91 Å². The quantitative estimate of drug-likeness (QED) is 0.850. The Hall–Kier alpha value is -2.33. The lowest BCUT2D eigenvalue weighted by Crippen LogP contribution is -2.32. The second-order valence-corrected chi connectivity index (χ2v) is 6.60. The first-order chi connectivity index (χ1) is 12.1. The molecule has 0 aromatic heterocycles. The number of anilines is 2. The van der Waals surface area contributed by atoms with Crippen molar-refractivity contribution in [3.05, 3.63) is 59.2 Å². The Balaban J connectivity index is 1.98. The van der Waals surface area contributed by atoms with Gasteiger partial charge in [0.15, 0.2) is 0 Å². The van der Waals surface area contributed by atoms with E-state index in [9.17, 15) is 4.79 Å². The number of para-hydroxylation sites is 2. The normalized spacial score (nSPS) is 14.2. The molecule has 1 aliphatic rings. The van der Waals surface area contributed by atoms with Crippen LogP contribution in [0.4, 0.5) is 11.4 Å². The summed E-state index contributed by atoms with van der Waals surface area (Å²) in [5.74, 6) is 0.0854. The van der Waals surface area contributed by atoms with Gasteiger partial charge in [0.25, 0.3) is 5.91 Å². The minimum atomic E-state index is 0.0854. The Labute approximate surface area is 150 Å². The highest BCUT2D eigenvalue weighted by atomic mass is 16.5. The number of fused-ring (bicyclic) bond motifs is 1. The van der Waals surface area contributed by atoms with Crippen LogP contribution in [-0.2, 0) is 4.74 Å². The fourth-order valence-corrected chi connectivity index (χ4v) is 3.38. The summed E-state index contributed by atoms with van der Waals surface area (Å²) in [6.45, 7) is 7.20. The van der Waals surface area contributed by atoms with E-state index in [1.165, 1.54) is 0 Å². The van der Waals surface area contributed by atoms with Gasteiger partial charge in [0.2, 0.25) is 0 Å². The molecule has 1 heterocycles. The van der Waals surface area contributed by atoms with E-state index >= 15 is 0 Å². The van der Waals surface area contributed by atoms with Crippen molar-refractivity contribution in [3.8, 4) is 0 Å². The van der Waals surface area contributed by atoms with Crippen molar-refractivity contribution in [3.63, 3.8) is 0 Å². The van der Waals surface area contributed by atoms with E-state index in [1.807, 2.05) is 49.1 Å². The lowest BCUT2D eigenvalue weighted by molar-refractivity contribution is 0.0986. The van der Waals surface area contributed by atoms with E-state index < -0.39 is 0 Å². The molecule has 1 amide bonds. The molecule has 0 saturated carbocycles. The summed E-state index contributed by atoms with van der Waals surface area (Å²) >= 11 is 0. The molecule has 132 valence electrons. The Kier molecular flexibility index (Phi) is 5.39. The van der Waals surface area contributed by atoms with Crippen LogP contribution in [0.5, 0.6) is 0 Å². The summed E-state index contributed by atoms with van der Waals surface area (Å²) < 4.78 is 5.25. The minimum Gasteiger partial charge on any atom is -0.383 e. The van der Waals surface area contributed by atoms with Crippen molar-refractivity contribution >= 4 is 17.3 Å². The third-order valence-corrected chi connectivity index (χ3v) is 4.76. The molecule has 0 unspecified atom stereocenters. The van der Waals surface area contributed by atoms with E-state index in [0.717, 1.165) is 54.1 Å². The number of methoxy groups -OCH3 is 1. The van der Waals surface area contributed by atoms with Gasteiger partial charge in [-0.05, 0) is 44.0 Å². The zero-order valence-electron chi connectivity index (χ0n) is 15.3. The van der Waals surface area contributed by atoms with Gasteiger partial charge < -0.3 is 14.5 Å². The number of aryl methyl sites for hydroxylation is 2. The van der Waals surface area contributed by atoms with Gasteiger partial charge in [0, 0.05) is 32.3 Å². The van der Waals surface area contributed by atoms with Crippen LogP contribution in [0.1, 0.15) is 27.9 Å². The Morgan fingerprint density at radius 2 is 1.84 bits per heavy atom. The first-order valence-electron chi connectivity index (χ1n) is 8.84. The topological polar surface area (TPSA) is 32.8 Å². The van der Waals surface area contributed by atoms with Crippen molar-refractivity contribution < 1.29 is 9.53 Å². The van der Waals surface area contributed by atoms with E-state index in [0.29, 0.717) is 6.61 Å². The van der Waals surface area contributed by atoms with Crippen molar-refractivity contribution in [2.75, 3.05) is 43.2 Å². The molecule has 2 aromatic rings. The molecule has 0 N–H and O–H groups in total. The fourth-order valence-electron chi connectivity index (χ4n) is 3.38.